The number of amides is 1. The molecule has 0 saturated carbocycles. The number of unbranched alkanes of at least 4 members (excludes halogenated alkanes) is 2. The Morgan fingerprint density at radius 1 is 1.19 bits per heavy atom. The van der Waals surface area contributed by atoms with Crippen molar-refractivity contribution in [3.05, 3.63) is 23.9 Å². The molecular formula is C16H22N2O3. The van der Waals surface area contributed by atoms with Crippen molar-refractivity contribution in [2.75, 3.05) is 20.8 Å². The van der Waals surface area contributed by atoms with E-state index >= 15 is 0 Å². The van der Waals surface area contributed by atoms with Gasteiger partial charge in [0.2, 0.25) is 0 Å². The largest absolute Gasteiger partial charge is 0.493 e. The maximum atomic E-state index is 12.2. The van der Waals surface area contributed by atoms with E-state index in [2.05, 4.69) is 17.2 Å². The molecule has 114 valence electrons. The molecule has 2 rings (SSSR count). The molecule has 0 unspecified atom stereocenters. The van der Waals surface area contributed by atoms with Crippen LogP contribution >= 0.6 is 0 Å². The van der Waals surface area contributed by atoms with E-state index in [1.54, 1.807) is 20.4 Å². The van der Waals surface area contributed by atoms with E-state index < -0.39 is 0 Å². The molecule has 1 aromatic carbocycles. The number of methoxy groups -OCH3 is 2. The monoisotopic (exact) mass is 290 g/mol. The van der Waals surface area contributed by atoms with Crippen molar-refractivity contribution in [2.45, 2.75) is 26.2 Å². The van der Waals surface area contributed by atoms with Gasteiger partial charge in [-0.3, -0.25) is 4.79 Å². The molecule has 0 aliphatic heterocycles. The lowest BCUT2D eigenvalue weighted by molar-refractivity contribution is 0.0954. The van der Waals surface area contributed by atoms with Crippen LogP contribution in [0.25, 0.3) is 10.9 Å². The van der Waals surface area contributed by atoms with Crippen LogP contribution in [-0.2, 0) is 0 Å². The minimum atomic E-state index is -0.0652. The van der Waals surface area contributed by atoms with E-state index in [-0.39, 0.29) is 5.91 Å². The first-order chi connectivity index (χ1) is 10.2. The molecule has 0 saturated heterocycles. The number of benzene rings is 1. The second kappa shape index (κ2) is 7.02. The van der Waals surface area contributed by atoms with Crippen molar-refractivity contribution < 1.29 is 14.3 Å². The number of H-pyrrole nitrogens is 1. The molecule has 0 spiro atoms. The first-order valence-electron chi connectivity index (χ1n) is 7.22. The van der Waals surface area contributed by atoms with Gasteiger partial charge in [-0.1, -0.05) is 19.8 Å². The van der Waals surface area contributed by atoms with E-state index in [1.165, 1.54) is 0 Å². The number of hydrogen-bond acceptors (Lipinski definition) is 3. The lowest BCUT2D eigenvalue weighted by Gasteiger charge is -2.08. The van der Waals surface area contributed by atoms with E-state index in [0.29, 0.717) is 23.6 Å². The van der Waals surface area contributed by atoms with Gasteiger partial charge in [0.15, 0.2) is 11.5 Å². The smallest absolute Gasteiger partial charge is 0.253 e. The lowest BCUT2D eigenvalue weighted by atomic mass is 10.1. The zero-order valence-electron chi connectivity index (χ0n) is 12.8. The average molecular weight is 290 g/mol. The summed E-state index contributed by atoms with van der Waals surface area (Å²) in [6, 6.07) is 3.66. The number of nitrogens with one attached hydrogen (secondary N) is 2. The van der Waals surface area contributed by atoms with Crippen LogP contribution in [-0.4, -0.2) is 31.7 Å². The van der Waals surface area contributed by atoms with Crippen LogP contribution in [0.2, 0.25) is 0 Å². The van der Waals surface area contributed by atoms with Gasteiger partial charge in [0, 0.05) is 24.2 Å². The van der Waals surface area contributed by atoms with Crippen molar-refractivity contribution in [1.82, 2.24) is 10.3 Å². The molecular weight excluding hydrogens is 268 g/mol. The van der Waals surface area contributed by atoms with Gasteiger partial charge in [0.05, 0.1) is 25.3 Å². The highest BCUT2D eigenvalue weighted by Crippen LogP contribution is 2.33. The van der Waals surface area contributed by atoms with E-state index in [9.17, 15) is 4.79 Å². The molecule has 0 bridgehead atoms. The fourth-order valence-electron chi connectivity index (χ4n) is 2.31. The summed E-state index contributed by atoms with van der Waals surface area (Å²) in [5.41, 5.74) is 1.48. The summed E-state index contributed by atoms with van der Waals surface area (Å²) in [6.45, 7) is 2.84. The van der Waals surface area contributed by atoms with Crippen LogP contribution in [0, 0.1) is 0 Å². The second-order valence-electron chi connectivity index (χ2n) is 4.92. The van der Waals surface area contributed by atoms with Gasteiger partial charge in [-0.05, 0) is 12.5 Å². The summed E-state index contributed by atoms with van der Waals surface area (Å²) in [6.07, 6.45) is 4.99. The Labute approximate surface area is 124 Å². The molecule has 21 heavy (non-hydrogen) atoms. The van der Waals surface area contributed by atoms with Crippen molar-refractivity contribution in [2.24, 2.45) is 0 Å². The molecule has 0 radical (unpaired) electrons. The highest BCUT2D eigenvalue weighted by molar-refractivity contribution is 6.07. The first kappa shape index (κ1) is 15.2. The van der Waals surface area contributed by atoms with E-state index in [4.69, 9.17) is 9.47 Å². The Bertz CT molecular complexity index is 619. The van der Waals surface area contributed by atoms with Crippen molar-refractivity contribution >= 4 is 16.8 Å². The van der Waals surface area contributed by atoms with E-state index in [0.717, 1.165) is 30.2 Å². The van der Waals surface area contributed by atoms with Gasteiger partial charge in [-0.2, -0.15) is 0 Å². The topological polar surface area (TPSA) is 63.4 Å². The first-order valence-corrected chi connectivity index (χ1v) is 7.22. The van der Waals surface area contributed by atoms with Gasteiger partial charge in [0.25, 0.3) is 5.91 Å². The fraction of sp³-hybridized carbons (Fsp3) is 0.438. The molecule has 0 fully saturated rings. The third-order valence-corrected chi connectivity index (χ3v) is 3.50. The normalized spacial score (nSPS) is 10.6. The van der Waals surface area contributed by atoms with Gasteiger partial charge in [-0.25, -0.2) is 0 Å². The lowest BCUT2D eigenvalue weighted by Crippen LogP contribution is -2.24. The average Bonchev–Trinajstić information content (AvgIpc) is 2.92. The Morgan fingerprint density at radius 2 is 1.90 bits per heavy atom. The summed E-state index contributed by atoms with van der Waals surface area (Å²) in [5, 5.41) is 3.78. The van der Waals surface area contributed by atoms with Crippen LogP contribution < -0.4 is 14.8 Å². The molecule has 5 nitrogen and oxygen atoms in total. The number of carbonyl (C=O) groups excluding carboxylic acids is 1. The SMILES string of the molecule is CCCCCNC(=O)c1c[nH]c2cc(OC)c(OC)cc12. The number of carbonyl (C=O) groups is 1. The van der Waals surface area contributed by atoms with Crippen LogP contribution in [0.5, 0.6) is 11.5 Å². The Balaban J connectivity index is 2.22. The third kappa shape index (κ3) is 3.29. The molecule has 1 amide bonds. The molecule has 0 atom stereocenters. The minimum absolute atomic E-state index is 0.0652. The van der Waals surface area contributed by atoms with Crippen LogP contribution in [0.3, 0.4) is 0 Å². The number of fused-ring (bicyclic) bond motifs is 1. The summed E-state index contributed by atoms with van der Waals surface area (Å²) >= 11 is 0. The molecule has 5 heteroatoms. The zero-order chi connectivity index (χ0) is 15.2. The number of hydrogen-bond donors (Lipinski definition) is 2. The summed E-state index contributed by atoms with van der Waals surface area (Å²) in [5.74, 6) is 1.19. The fourth-order valence-corrected chi connectivity index (χ4v) is 2.31. The van der Waals surface area contributed by atoms with Gasteiger partial charge in [0.1, 0.15) is 0 Å². The summed E-state index contributed by atoms with van der Waals surface area (Å²) < 4.78 is 10.6. The predicted molar refractivity (Wildman–Crippen MR) is 83.3 cm³/mol. The Kier molecular flexibility index (Phi) is 5.09. The number of aromatic nitrogens is 1. The summed E-state index contributed by atoms with van der Waals surface area (Å²) in [7, 11) is 3.18. The Hall–Kier alpha value is -2.17. The molecule has 0 aliphatic rings. The van der Waals surface area contributed by atoms with Crippen LogP contribution in [0.15, 0.2) is 18.3 Å². The van der Waals surface area contributed by atoms with Gasteiger partial charge in [-0.15, -0.1) is 0 Å². The second-order valence-corrected chi connectivity index (χ2v) is 4.92. The van der Waals surface area contributed by atoms with Gasteiger partial charge >= 0.3 is 0 Å². The van der Waals surface area contributed by atoms with Crippen molar-refractivity contribution in [3.63, 3.8) is 0 Å². The molecule has 0 aliphatic carbocycles. The molecule has 2 aromatic rings. The number of aromatic amines is 1. The maximum Gasteiger partial charge on any atom is 0.253 e. The van der Waals surface area contributed by atoms with Crippen LogP contribution in [0.4, 0.5) is 0 Å². The third-order valence-electron chi connectivity index (χ3n) is 3.50. The maximum absolute atomic E-state index is 12.2. The minimum Gasteiger partial charge on any atom is -0.493 e. The standard InChI is InChI=1S/C16H22N2O3/c1-4-5-6-7-17-16(19)12-10-18-13-9-15(21-3)14(20-2)8-11(12)13/h8-10,18H,4-7H2,1-3H3,(H,17,19). The van der Waals surface area contributed by atoms with Crippen molar-refractivity contribution in [3.8, 4) is 11.5 Å². The zero-order valence-corrected chi connectivity index (χ0v) is 12.8. The Morgan fingerprint density at radius 3 is 2.57 bits per heavy atom. The van der Waals surface area contributed by atoms with Gasteiger partial charge < -0.3 is 19.8 Å². The summed E-state index contributed by atoms with van der Waals surface area (Å²) in [4.78, 5) is 15.3. The molecule has 1 heterocycles. The highest BCUT2D eigenvalue weighted by Gasteiger charge is 2.15. The van der Waals surface area contributed by atoms with Crippen molar-refractivity contribution in [1.29, 1.82) is 0 Å². The highest BCUT2D eigenvalue weighted by atomic mass is 16.5. The van der Waals surface area contributed by atoms with Crippen LogP contribution in [0.1, 0.15) is 36.5 Å². The quantitative estimate of drug-likeness (QED) is 0.770. The van der Waals surface area contributed by atoms with E-state index in [1.807, 2.05) is 12.1 Å². The molecule has 1 aromatic heterocycles. The predicted octanol–water partition coefficient (Wildman–Crippen LogP) is 3.11. The molecule has 2 N–H and O–H groups in total. The number of ether oxygens (including phenoxy) is 2. The number of rotatable bonds is 7.